The molecule has 1 unspecified atom stereocenters. The van der Waals surface area contributed by atoms with E-state index in [4.69, 9.17) is 5.26 Å². The summed E-state index contributed by atoms with van der Waals surface area (Å²) in [6, 6.07) is 2.12. The standard InChI is InChI=1S/C8H10N2S3.Na.H/c1-3-5(2)12-8-6(4-9)7(11)10-13-8;;/h5H,3H2,1-2H3,(H,10,11);;. The van der Waals surface area contributed by atoms with Crippen molar-refractivity contribution < 1.29 is 0 Å². The van der Waals surface area contributed by atoms with E-state index in [2.05, 4.69) is 36.9 Å². The van der Waals surface area contributed by atoms with E-state index in [1.54, 1.807) is 11.8 Å². The topological polar surface area (TPSA) is 36.7 Å². The second-order valence-corrected chi connectivity index (χ2v) is 5.52. The van der Waals surface area contributed by atoms with Crippen LogP contribution in [0.15, 0.2) is 9.24 Å². The molecule has 1 aromatic heterocycles. The van der Waals surface area contributed by atoms with Crippen LogP contribution in [0.4, 0.5) is 0 Å². The van der Waals surface area contributed by atoms with Gasteiger partial charge in [-0.05, 0) is 18.0 Å². The van der Waals surface area contributed by atoms with Gasteiger partial charge in [-0.1, -0.05) is 13.8 Å². The fraction of sp³-hybridized carbons (Fsp3) is 0.500. The zero-order chi connectivity index (χ0) is 9.84. The summed E-state index contributed by atoms with van der Waals surface area (Å²) in [5.74, 6) is 0. The number of thiol groups is 1. The minimum atomic E-state index is 0. The first-order chi connectivity index (χ1) is 6.19. The van der Waals surface area contributed by atoms with Crippen molar-refractivity contribution in [2.75, 3.05) is 0 Å². The molecule has 72 valence electrons. The first-order valence-corrected chi connectivity index (χ1v) is 6.04. The summed E-state index contributed by atoms with van der Waals surface area (Å²) < 4.78 is 5.03. The van der Waals surface area contributed by atoms with E-state index in [0.717, 1.165) is 10.6 Å². The molecule has 0 aliphatic carbocycles. The Bertz CT molecular complexity index is 332. The van der Waals surface area contributed by atoms with E-state index in [9.17, 15) is 0 Å². The molecule has 0 bridgehead atoms. The van der Waals surface area contributed by atoms with Crippen molar-refractivity contribution in [3.8, 4) is 6.07 Å². The SMILES string of the molecule is CCC(C)Sc1snc(S)c1C#N.[NaH]. The molecule has 0 saturated carbocycles. The van der Waals surface area contributed by atoms with Crippen LogP contribution in [-0.4, -0.2) is 39.2 Å². The number of aromatic nitrogens is 1. The van der Waals surface area contributed by atoms with Crippen LogP contribution >= 0.6 is 35.9 Å². The van der Waals surface area contributed by atoms with E-state index >= 15 is 0 Å². The Morgan fingerprint density at radius 1 is 1.71 bits per heavy atom. The van der Waals surface area contributed by atoms with E-state index in [1.807, 2.05) is 0 Å². The van der Waals surface area contributed by atoms with Crippen molar-refractivity contribution in [1.82, 2.24) is 4.37 Å². The van der Waals surface area contributed by atoms with Gasteiger partial charge in [-0.2, -0.15) is 9.64 Å². The van der Waals surface area contributed by atoms with Gasteiger partial charge in [0.1, 0.15) is 16.7 Å². The Morgan fingerprint density at radius 3 is 2.86 bits per heavy atom. The first kappa shape index (κ1) is 14.8. The van der Waals surface area contributed by atoms with Crippen LogP contribution in [0.2, 0.25) is 0 Å². The Kier molecular flexibility index (Phi) is 7.57. The molecule has 0 amide bonds. The number of rotatable bonds is 3. The normalized spacial score (nSPS) is 11.6. The molecule has 2 nitrogen and oxygen atoms in total. The second kappa shape index (κ2) is 7.15. The zero-order valence-corrected chi connectivity index (χ0v) is 9.97. The third-order valence-corrected chi connectivity index (χ3v) is 4.41. The third-order valence-electron chi connectivity index (χ3n) is 1.64. The van der Waals surface area contributed by atoms with E-state index in [1.165, 1.54) is 11.5 Å². The molecule has 1 atom stereocenters. The molecular weight excluding hydrogens is 243 g/mol. The number of thioether (sulfide) groups is 1. The van der Waals surface area contributed by atoms with Crippen LogP contribution in [-0.2, 0) is 0 Å². The molecule has 0 aliphatic rings. The molecule has 14 heavy (non-hydrogen) atoms. The predicted octanol–water partition coefficient (Wildman–Crippen LogP) is 2.55. The van der Waals surface area contributed by atoms with Crippen molar-refractivity contribution in [2.45, 2.75) is 34.8 Å². The van der Waals surface area contributed by atoms with Crippen LogP contribution in [0.25, 0.3) is 0 Å². The quantitative estimate of drug-likeness (QED) is 0.511. The fourth-order valence-corrected chi connectivity index (χ4v) is 3.21. The Labute approximate surface area is 120 Å². The van der Waals surface area contributed by atoms with Gasteiger partial charge in [0.15, 0.2) is 0 Å². The number of hydrogen-bond acceptors (Lipinski definition) is 5. The number of nitrogens with zero attached hydrogens (tertiary/aromatic N) is 2. The van der Waals surface area contributed by atoms with Crippen LogP contribution in [0.1, 0.15) is 25.8 Å². The molecular formula is C8H11N2NaS3. The summed E-state index contributed by atoms with van der Waals surface area (Å²) in [5.41, 5.74) is 0.624. The average molecular weight is 254 g/mol. The van der Waals surface area contributed by atoms with E-state index in [0.29, 0.717) is 15.8 Å². The fourth-order valence-electron chi connectivity index (χ4n) is 0.709. The zero-order valence-electron chi connectivity index (χ0n) is 7.44. The first-order valence-electron chi connectivity index (χ1n) is 3.94. The van der Waals surface area contributed by atoms with Gasteiger partial charge in [0.05, 0.1) is 4.21 Å². The maximum absolute atomic E-state index is 8.83. The van der Waals surface area contributed by atoms with Gasteiger partial charge >= 0.3 is 29.6 Å². The van der Waals surface area contributed by atoms with Crippen molar-refractivity contribution >= 4 is 65.5 Å². The Morgan fingerprint density at radius 2 is 2.36 bits per heavy atom. The van der Waals surface area contributed by atoms with Crippen molar-refractivity contribution in [2.24, 2.45) is 0 Å². The Hall–Kier alpha value is 0.820. The van der Waals surface area contributed by atoms with Crippen LogP contribution in [0.5, 0.6) is 0 Å². The van der Waals surface area contributed by atoms with E-state index < -0.39 is 0 Å². The molecule has 6 heteroatoms. The third kappa shape index (κ3) is 3.76. The molecule has 0 aromatic carbocycles. The molecule has 0 fully saturated rings. The van der Waals surface area contributed by atoms with Crippen molar-refractivity contribution in [3.05, 3.63) is 5.56 Å². The monoisotopic (exact) mass is 254 g/mol. The summed E-state index contributed by atoms with van der Waals surface area (Å²) in [6.45, 7) is 4.27. The maximum atomic E-state index is 8.83. The summed E-state index contributed by atoms with van der Waals surface area (Å²) in [4.78, 5) is 0. The van der Waals surface area contributed by atoms with Crippen molar-refractivity contribution in [3.63, 3.8) is 0 Å². The van der Waals surface area contributed by atoms with Gasteiger partial charge in [-0.15, -0.1) is 24.4 Å². The van der Waals surface area contributed by atoms with Crippen LogP contribution in [0, 0.1) is 11.3 Å². The Balaban J connectivity index is 0.00000169. The second-order valence-electron chi connectivity index (χ2n) is 2.62. The molecule has 0 spiro atoms. The number of hydrogen-bond donors (Lipinski definition) is 1. The summed E-state index contributed by atoms with van der Waals surface area (Å²) in [5, 5.41) is 9.91. The number of nitriles is 1. The van der Waals surface area contributed by atoms with Gasteiger partial charge in [0.25, 0.3) is 0 Å². The van der Waals surface area contributed by atoms with Gasteiger partial charge in [0.2, 0.25) is 0 Å². The van der Waals surface area contributed by atoms with Crippen molar-refractivity contribution in [1.29, 1.82) is 5.26 Å². The summed E-state index contributed by atoms with van der Waals surface area (Å²) in [6.07, 6.45) is 1.09. The molecule has 1 rings (SSSR count). The van der Waals surface area contributed by atoms with Gasteiger partial charge < -0.3 is 0 Å². The molecule has 0 saturated heterocycles. The van der Waals surface area contributed by atoms with Crippen LogP contribution < -0.4 is 0 Å². The van der Waals surface area contributed by atoms with Gasteiger partial charge in [0, 0.05) is 5.25 Å². The van der Waals surface area contributed by atoms with Gasteiger partial charge in [-0.3, -0.25) is 0 Å². The minimum absolute atomic E-state index is 0. The van der Waals surface area contributed by atoms with E-state index in [-0.39, 0.29) is 29.6 Å². The molecule has 0 radical (unpaired) electrons. The molecule has 1 heterocycles. The molecule has 1 aromatic rings. The van der Waals surface area contributed by atoms with Crippen LogP contribution in [0.3, 0.4) is 0 Å². The molecule has 0 N–H and O–H groups in total. The predicted molar refractivity (Wildman–Crippen MR) is 66.8 cm³/mol. The molecule has 0 aliphatic heterocycles. The summed E-state index contributed by atoms with van der Waals surface area (Å²) in [7, 11) is 0. The van der Waals surface area contributed by atoms with Gasteiger partial charge in [-0.25, -0.2) is 0 Å². The average Bonchev–Trinajstić information content (AvgIpc) is 2.46. The summed E-state index contributed by atoms with van der Waals surface area (Å²) >= 11 is 7.17.